The van der Waals surface area contributed by atoms with Gasteiger partial charge >= 0.3 is 0 Å². The summed E-state index contributed by atoms with van der Waals surface area (Å²) in [6.45, 7) is 6.53. The second kappa shape index (κ2) is 11.1. The molecule has 0 saturated carbocycles. The summed E-state index contributed by atoms with van der Waals surface area (Å²) in [6.07, 6.45) is 10.5. The zero-order valence-corrected chi connectivity index (χ0v) is 15.8. The van der Waals surface area contributed by atoms with E-state index in [1.807, 2.05) is 0 Å². The van der Waals surface area contributed by atoms with Crippen LogP contribution in [0.1, 0.15) is 88.0 Å². The van der Waals surface area contributed by atoms with E-state index in [-0.39, 0.29) is 5.91 Å². The lowest BCUT2D eigenvalue weighted by molar-refractivity contribution is -0.117. The lowest BCUT2D eigenvalue weighted by Crippen LogP contribution is -2.13. The van der Waals surface area contributed by atoms with Crippen molar-refractivity contribution in [1.82, 2.24) is 0 Å². The molecular formula is C21H35NO2. The van der Waals surface area contributed by atoms with Crippen LogP contribution in [-0.4, -0.2) is 11.0 Å². The van der Waals surface area contributed by atoms with Crippen LogP contribution in [0.4, 0.5) is 0 Å². The molecule has 1 rings (SSSR count). The van der Waals surface area contributed by atoms with Gasteiger partial charge in [-0.2, -0.15) is 0 Å². The number of carbonyl (C=O) groups excluding carboxylic acids is 1. The minimum absolute atomic E-state index is 0.255. The van der Waals surface area contributed by atoms with Crippen LogP contribution < -0.4 is 5.73 Å². The van der Waals surface area contributed by atoms with E-state index in [9.17, 15) is 9.90 Å². The van der Waals surface area contributed by atoms with Crippen LogP contribution >= 0.6 is 0 Å². The minimum Gasteiger partial charge on any atom is -0.507 e. The summed E-state index contributed by atoms with van der Waals surface area (Å²) >= 11 is 0. The predicted molar refractivity (Wildman–Crippen MR) is 101 cm³/mol. The Bertz CT molecular complexity index is 523. The Morgan fingerprint density at radius 1 is 0.875 bits per heavy atom. The molecule has 0 bridgehead atoms. The van der Waals surface area contributed by atoms with Gasteiger partial charge in [0.2, 0.25) is 5.91 Å². The topological polar surface area (TPSA) is 63.3 Å². The predicted octanol–water partition coefficient (Wildman–Crippen LogP) is 4.84. The largest absolute Gasteiger partial charge is 0.507 e. The number of phenols is 1. The van der Waals surface area contributed by atoms with Crippen molar-refractivity contribution in [2.24, 2.45) is 5.73 Å². The molecule has 136 valence electrons. The van der Waals surface area contributed by atoms with E-state index >= 15 is 0 Å². The van der Waals surface area contributed by atoms with Crippen molar-refractivity contribution in [2.45, 2.75) is 91.4 Å². The van der Waals surface area contributed by atoms with E-state index in [0.29, 0.717) is 18.6 Å². The molecule has 24 heavy (non-hydrogen) atoms. The van der Waals surface area contributed by atoms with Gasteiger partial charge in [0, 0.05) is 6.42 Å². The van der Waals surface area contributed by atoms with Crippen LogP contribution in [0.2, 0.25) is 0 Å². The van der Waals surface area contributed by atoms with Gasteiger partial charge in [-0.15, -0.1) is 0 Å². The molecule has 3 nitrogen and oxygen atoms in total. The highest BCUT2D eigenvalue weighted by Gasteiger charge is 2.17. The molecule has 0 atom stereocenters. The summed E-state index contributed by atoms with van der Waals surface area (Å²) in [5.41, 5.74) is 10.0. The van der Waals surface area contributed by atoms with Gasteiger partial charge in [0.15, 0.2) is 0 Å². The number of hydrogen-bond donors (Lipinski definition) is 2. The molecule has 0 spiro atoms. The normalized spacial score (nSPS) is 11.0. The van der Waals surface area contributed by atoms with Crippen molar-refractivity contribution < 1.29 is 9.90 Å². The maximum Gasteiger partial charge on any atom is 0.217 e. The van der Waals surface area contributed by atoms with E-state index in [1.54, 1.807) is 0 Å². The third-order valence-corrected chi connectivity index (χ3v) is 4.69. The second-order valence-electron chi connectivity index (χ2n) is 6.78. The number of aromatic hydroxyl groups is 1. The first kappa shape index (κ1) is 20.5. The molecule has 0 unspecified atom stereocenters. The van der Waals surface area contributed by atoms with Gasteiger partial charge in [-0.25, -0.2) is 0 Å². The molecule has 0 aliphatic carbocycles. The highest BCUT2D eigenvalue weighted by atomic mass is 16.3. The highest BCUT2D eigenvalue weighted by molar-refractivity contribution is 5.74. The van der Waals surface area contributed by atoms with Gasteiger partial charge in [-0.05, 0) is 67.2 Å². The molecule has 0 heterocycles. The molecule has 0 fully saturated rings. The summed E-state index contributed by atoms with van der Waals surface area (Å²) < 4.78 is 0. The summed E-state index contributed by atoms with van der Waals surface area (Å²) in [7, 11) is 0. The molecule has 0 aliphatic rings. The Balaban J connectivity index is 3.28. The van der Waals surface area contributed by atoms with Crippen molar-refractivity contribution in [3.8, 4) is 5.75 Å². The minimum atomic E-state index is -0.255. The maximum atomic E-state index is 11.3. The Morgan fingerprint density at radius 3 is 1.96 bits per heavy atom. The number of aryl methyl sites for hydroxylation is 2. The number of unbranched alkanes of at least 4 members (excludes halogenated alkanes) is 3. The van der Waals surface area contributed by atoms with Crippen LogP contribution in [0.25, 0.3) is 0 Å². The molecule has 3 heteroatoms. The van der Waals surface area contributed by atoms with E-state index in [4.69, 9.17) is 5.73 Å². The van der Waals surface area contributed by atoms with Gasteiger partial charge < -0.3 is 10.8 Å². The second-order valence-corrected chi connectivity index (χ2v) is 6.78. The molecule has 1 amide bonds. The number of rotatable bonds is 12. The maximum absolute atomic E-state index is 11.3. The zero-order chi connectivity index (χ0) is 17.9. The number of nitrogens with two attached hydrogens (primary N) is 1. The van der Waals surface area contributed by atoms with Crippen LogP contribution in [0.5, 0.6) is 5.75 Å². The van der Waals surface area contributed by atoms with Crippen LogP contribution in [-0.2, 0) is 30.5 Å². The fourth-order valence-electron chi connectivity index (χ4n) is 3.22. The number of amides is 1. The van der Waals surface area contributed by atoms with Crippen molar-refractivity contribution in [3.05, 3.63) is 28.3 Å². The lowest BCUT2D eigenvalue weighted by Gasteiger charge is -2.20. The Morgan fingerprint density at radius 2 is 1.42 bits per heavy atom. The Kier molecular flexibility index (Phi) is 9.51. The number of hydrogen-bond acceptors (Lipinski definition) is 2. The third kappa shape index (κ3) is 6.18. The van der Waals surface area contributed by atoms with Crippen LogP contribution in [0, 0.1) is 0 Å². The molecular weight excluding hydrogens is 298 g/mol. The fraction of sp³-hybridized carbons (Fsp3) is 0.667. The molecule has 0 aromatic heterocycles. The van der Waals surface area contributed by atoms with E-state index < -0.39 is 0 Å². The first-order valence-corrected chi connectivity index (χ1v) is 9.68. The highest BCUT2D eigenvalue weighted by Crippen LogP contribution is 2.33. The SMILES string of the molecule is CCCCc1cc(CCC(N)=O)c(CCCC)c(CCCC)c1O. The third-order valence-electron chi connectivity index (χ3n) is 4.69. The lowest BCUT2D eigenvalue weighted by atomic mass is 9.87. The van der Waals surface area contributed by atoms with E-state index in [0.717, 1.165) is 68.9 Å². The van der Waals surface area contributed by atoms with E-state index in [2.05, 4.69) is 26.8 Å². The summed E-state index contributed by atoms with van der Waals surface area (Å²) in [5.74, 6) is 0.251. The summed E-state index contributed by atoms with van der Waals surface area (Å²) in [4.78, 5) is 11.3. The number of phenolic OH excluding ortho intramolecular Hbond substituents is 1. The van der Waals surface area contributed by atoms with Crippen molar-refractivity contribution in [3.63, 3.8) is 0 Å². The number of benzene rings is 1. The molecule has 3 N–H and O–H groups in total. The van der Waals surface area contributed by atoms with Crippen LogP contribution in [0.3, 0.4) is 0 Å². The number of carbonyl (C=O) groups is 1. The van der Waals surface area contributed by atoms with Gasteiger partial charge in [0.05, 0.1) is 0 Å². The zero-order valence-electron chi connectivity index (χ0n) is 15.8. The summed E-state index contributed by atoms with van der Waals surface area (Å²) in [5, 5.41) is 10.8. The van der Waals surface area contributed by atoms with Crippen LogP contribution in [0.15, 0.2) is 6.07 Å². The number of primary amides is 1. The van der Waals surface area contributed by atoms with Crippen molar-refractivity contribution >= 4 is 5.91 Å². The van der Waals surface area contributed by atoms with Gasteiger partial charge in [-0.1, -0.05) is 46.1 Å². The van der Waals surface area contributed by atoms with Crippen molar-refractivity contribution in [2.75, 3.05) is 0 Å². The summed E-state index contributed by atoms with van der Waals surface area (Å²) in [6, 6.07) is 2.13. The quantitative estimate of drug-likeness (QED) is 0.575. The standard InChI is InChI=1S/C21H35NO2/c1-4-7-10-17-15-16(13-14-20(22)23)18(11-8-5-2)19(21(17)24)12-9-6-3/h15,24H,4-14H2,1-3H3,(H2,22,23). The van der Waals surface area contributed by atoms with E-state index in [1.165, 1.54) is 11.1 Å². The average Bonchev–Trinajstić information content (AvgIpc) is 2.56. The molecule has 1 aromatic rings. The molecule has 0 radical (unpaired) electrons. The monoisotopic (exact) mass is 333 g/mol. The molecule has 1 aromatic carbocycles. The first-order chi connectivity index (χ1) is 11.5. The molecule has 0 saturated heterocycles. The average molecular weight is 334 g/mol. The fourth-order valence-corrected chi connectivity index (χ4v) is 3.22. The molecule has 0 aliphatic heterocycles. The van der Waals surface area contributed by atoms with Gasteiger partial charge in [-0.3, -0.25) is 4.79 Å². The smallest absolute Gasteiger partial charge is 0.217 e. The first-order valence-electron chi connectivity index (χ1n) is 9.68. The van der Waals surface area contributed by atoms with Crippen molar-refractivity contribution in [1.29, 1.82) is 0 Å². The van der Waals surface area contributed by atoms with Gasteiger partial charge in [0.1, 0.15) is 5.75 Å². The van der Waals surface area contributed by atoms with Gasteiger partial charge in [0.25, 0.3) is 0 Å². The Hall–Kier alpha value is -1.51. The Labute approximate surface area is 147 Å².